The smallest absolute Gasteiger partial charge is 0.249 e. The molecule has 4 nitrogen and oxygen atoms in total. The molecule has 1 N–H and O–H groups in total. The number of carbonyl (C=O) groups is 1. The highest BCUT2D eigenvalue weighted by Crippen LogP contribution is 2.34. The quantitative estimate of drug-likeness (QED) is 0.926. The van der Waals surface area contributed by atoms with E-state index in [1.807, 2.05) is 0 Å². The van der Waals surface area contributed by atoms with Crippen LogP contribution in [0.2, 0.25) is 0 Å². The number of carbonyl (C=O) groups excluding carboxylic acids is 1. The number of likely N-dealkylation sites (tertiary alicyclic amines) is 1. The van der Waals surface area contributed by atoms with Crippen molar-refractivity contribution in [3.05, 3.63) is 22.4 Å². The van der Waals surface area contributed by atoms with Gasteiger partial charge in [-0.25, -0.2) is 0 Å². The monoisotopic (exact) mass is 320 g/mol. The fraction of sp³-hybridized carbons (Fsp3) is 0.706. The molecule has 3 aliphatic rings. The van der Waals surface area contributed by atoms with Crippen LogP contribution in [0.1, 0.15) is 37.7 Å². The van der Waals surface area contributed by atoms with Gasteiger partial charge in [0.05, 0.1) is 6.10 Å². The van der Waals surface area contributed by atoms with Gasteiger partial charge in [-0.05, 0) is 67.0 Å². The summed E-state index contributed by atoms with van der Waals surface area (Å²) in [5.74, 6) is 0.694. The van der Waals surface area contributed by atoms with Gasteiger partial charge < -0.3 is 10.1 Å². The summed E-state index contributed by atoms with van der Waals surface area (Å²) in [6.45, 7) is 3.10. The molecule has 1 aliphatic carbocycles. The minimum Gasteiger partial charge on any atom is -0.364 e. The minimum atomic E-state index is -0.211. The zero-order valence-corrected chi connectivity index (χ0v) is 13.7. The molecule has 120 valence electrons. The van der Waals surface area contributed by atoms with Gasteiger partial charge in [-0.15, -0.1) is 0 Å². The summed E-state index contributed by atoms with van der Waals surface area (Å²) in [6, 6.07) is 2.61. The number of ether oxygens (including phenoxy) is 1. The van der Waals surface area contributed by atoms with Crippen LogP contribution in [0.3, 0.4) is 0 Å². The summed E-state index contributed by atoms with van der Waals surface area (Å²) in [4.78, 5) is 14.7. The molecule has 3 heterocycles. The lowest BCUT2D eigenvalue weighted by Gasteiger charge is -2.33. The second-order valence-electron chi connectivity index (χ2n) is 6.95. The van der Waals surface area contributed by atoms with Gasteiger partial charge >= 0.3 is 0 Å². The first-order valence-electron chi connectivity index (χ1n) is 8.47. The molecule has 0 spiro atoms. The van der Waals surface area contributed by atoms with E-state index in [0.29, 0.717) is 12.0 Å². The maximum atomic E-state index is 12.3. The minimum absolute atomic E-state index is 0.128. The summed E-state index contributed by atoms with van der Waals surface area (Å²) in [7, 11) is 0. The van der Waals surface area contributed by atoms with Gasteiger partial charge in [0, 0.05) is 19.1 Å². The van der Waals surface area contributed by atoms with Crippen LogP contribution < -0.4 is 5.32 Å². The van der Waals surface area contributed by atoms with Crippen molar-refractivity contribution in [1.82, 2.24) is 10.2 Å². The Balaban J connectivity index is 1.30. The Kier molecular flexibility index (Phi) is 4.20. The molecule has 2 saturated heterocycles. The Bertz CT molecular complexity index is 515. The highest BCUT2D eigenvalue weighted by molar-refractivity contribution is 7.07. The Morgan fingerprint density at radius 3 is 3.05 bits per heavy atom. The van der Waals surface area contributed by atoms with Crippen molar-refractivity contribution < 1.29 is 9.53 Å². The number of fused-ring (bicyclic) bond motifs is 1. The molecule has 0 aromatic carbocycles. The van der Waals surface area contributed by atoms with E-state index in [4.69, 9.17) is 4.74 Å². The lowest BCUT2D eigenvalue weighted by atomic mass is 9.90. The van der Waals surface area contributed by atoms with Crippen molar-refractivity contribution in [1.29, 1.82) is 0 Å². The molecular weight excluding hydrogens is 296 g/mol. The Labute approximate surface area is 135 Å². The van der Waals surface area contributed by atoms with Crippen LogP contribution >= 0.6 is 11.3 Å². The van der Waals surface area contributed by atoms with Crippen molar-refractivity contribution in [2.75, 3.05) is 13.1 Å². The molecule has 22 heavy (non-hydrogen) atoms. The first kappa shape index (κ1) is 14.7. The molecule has 1 aromatic heterocycles. The van der Waals surface area contributed by atoms with Crippen molar-refractivity contribution in [2.24, 2.45) is 5.92 Å². The van der Waals surface area contributed by atoms with Gasteiger partial charge in [0.15, 0.2) is 0 Å². The number of rotatable bonds is 4. The van der Waals surface area contributed by atoms with Gasteiger partial charge in [0.2, 0.25) is 5.91 Å². The number of hydrogen-bond acceptors (Lipinski definition) is 4. The van der Waals surface area contributed by atoms with E-state index in [0.717, 1.165) is 45.3 Å². The van der Waals surface area contributed by atoms with E-state index < -0.39 is 0 Å². The third-order valence-corrected chi connectivity index (χ3v) is 6.10. The Morgan fingerprint density at radius 2 is 2.32 bits per heavy atom. The Morgan fingerprint density at radius 1 is 1.41 bits per heavy atom. The zero-order valence-electron chi connectivity index (χ0n) is 12.9. The molecule has 1 amide bonds. The van der Waals surface area contributed by atoms with E-state index >= 15 is 0 Å². The molecule has 0 bridgehead atoms. The predicted molar refractivity (Wildman–Crippen MR) is 86.8 cm³/mol. The second-order valence-corrected chi connectivity index (χ2v) is 7.73. The van der Waals surface area contributed by atoms with E-state index in [2.05, 4.69) is 27.0 Å². The Hall–Kier alpha value is -0.910. The van der Waals surface area contributed by atoms with Gasteiger partial charge in [0.25, 0.3) is 0 Å². The molecule has 1 saturated carbocycles. The normalized spacial score (nSPS) is 32.5. The van der Waals surface area contributed by atoms with Crippen LogP contribution in [0.15, 0.2) is 16.8 Å². The molecule has 0 unspecified atom stereocenters. The number of hydrogen-bond donors (Lipinski definition) is 1. The molecule has 1 aromatic rings. The lowest BCUT2D eigenvalue weighted by Crippen LogP contribution is -2.45. The second kappa shape index (κ2) is 6.30. The third kappa shape index (κ3) is 3.07. The summed E-state index contributed by atoms with van der Waals surface area (Å²) in [5, 5.41) is 7.49. The fourth-order valence-corrected chi connectivity index (χ4v) is 4.45. The van der Waals surface area contributed by atoms with Crippen molar-refractivity contribution in [3.8, 4) is 0 Å². The van der Waals surface area contributed by atoms with Crippen LogP contribution in [0.5, 0.6) is 0 Å². The highest BCUT2D eigenvalue weighted by atomic mass is 32.1. The molecule has 0 radical (unpaired) electrons. The van der Waals surface area contributed by atoms with Gasteiger partial charge in [-0.3, -0.25) is 9.69 Å². The van der Waals surface area contributed by atoms with Crippen molar-refractivity contribution in [3.63, 3.8) is 0 Å². The average Bonchev–Trinajstić information content (AvgIpc) is 3.11. The third-order valence-electron chi connectivity index (χ3n) is 5.37. The van der Waals surface area contributed by atoms with Crippen LogP contribution in [0, 0.1) is 5.92 Å². The van der Waals surface area contributed by atoms with Crippen LogP contribution in [0.25, 0.3) is 0 Å². The van der Waals surface area contributed by atoms with Gasteiger partial charge in [-0.1, -0.05) is 0 Å². The maximum Gasteiger partial charge on any atom is 0.249 e. The largest absolute Gasteiger partial charge is 0.364 e. The average molecular weight is 320 g/mol. The van der Waals surface area contributed by atoms with E-state index in [9.17, 15) is 4.79 Å². The number of piperidine rings is 1. The summed E-state index contributed by atoms with van der Waals surface area (Å²) in [5.41, 5.74) is 1.39. The van der Waals surface area contributed by atoms with Gasteiger partial charge in [0.1, 0.15) is 6.10 Å². The number of thiophene rings is 1. The van der Waals surface area contributed by atoms with E-state index in [-0.39, 0.29) is 18.1 Å². The van der Waals surface area contributed by atoms with E-state index in [1.54, 1.807) is 11.3 Å². The van der Waals surface area contributed by atoms with Gasteiger partial charge in [-0.2, -0.15) is 11.3 Å². The maximum absolute atomic E-state index is 12.3. The molecule has 2 aliphatic heterocycles. The number of nitrogens with zero attached hydrogens (tertiary/aromatic N) is 1. The summed E-state index contributed by atoms with van der Waals surface area (Å²) >= 11 is 1.75. The molecular formula is C17H24N2O2S. The van der Waals surface area contributed by atoms with Crippen LogP contribution in [0.4, 0.5) is 0 Å². The van der Waals surface area contributed by atoms with E-state index in [1.165, 1.54) is 12.0 Å². The molecule has 5 heteroatoms. The standard InChI is InChI=1S/C17H24N2O2S/c20-17(18-14-2-1-3-14)15-8-13-4-6-19(10-16(13)21-15)9-12-5-7-22-11-12/h5,7,11,13-16H,1-4,6,8-10H2,(H,18,20)/t13-,15+,16+/m1/s1. The highest BCUT2D eigenvalue weighted by Gasteiger charge is 2.42. The summed E-state index contributed by atoms with van der Waals surface area (Å²) < 4.78 is 6.09. The van der Waals surface area contributed by atoms with Crippen molar-refractivity contribution >= 4 is 17.2 Å². The van der Waals surface area contributed by atoms with Crippen LogP contribution in [-0.4, -0.2) is 42.1 Å². The SMILES string of the molecule is O=C(NC1CCC1)[C@@H]1C[C@H]2CCN(Cc3ccsc3)C[C@@H]2O1. The summed E-state index contributed by atoms with van der Waals surface area (Å²) in [6.07, 6.45) is 5.62. The number of nitrogens with one attached hydrogen (secondary N) is 1. The molecule has 4 rings (SSSR count). The predicted octanol–water partition coefficient (Wildman–Crippen LogP) is 2.40. The topological polar surface area (TPSA) is 41.6 Å². The molecule has 3 atom stereocenters. The number of amides is 1. The molecule has 3 fully saturated rings. The first-order valence-corrected chi connectivity index (χ1v) is 9.41. The van der Waals surface area contributed by atoms with Crippen molar-refractivity contribution in [2.45, 2.75) is 56.9 Å². The fourth-order valence-electron chi connectivity index (χ4n) is 3.79. The first-order chi connectivity index (χ1) is 10.8. The zero-order chi connectivity index (χ0) is 14.9. The lowest BCUT2D eigenvalue weighted by molar-refractivity contribution is -0.134. The van der Waals surface area contributed by atoms with Crippen LogP contribution in [-0.2, 0) is 16.1 Å².